The highest BCUT2D eigenvalue weighted by atomic mass is 16.5. The Morgan fingerprint density at radius 2 is 1.33 bits per heavy atom. The summed E-state index contributed by atoms with van der Waals surface area (Å²) in [5, 5.41) is 0. The van der Waals surface area contributed by atoms with E-state index in [4.69, 9.17) is 10.5 Å². The topological polar surface area (TPSA) is 35.2 Å². The molecule has 0 amide bonds. The molecule has 0 rings (SSSR count). The zero-order valence-electron chi connectivity index (χ0n) is 12.9. The maximum atomic E-state index is 5.74. The molecular formula is C16H35NO. The van der Waals surface area contributed by atoms with Crippen molar-refractivity contribution in [3.8, 4) is 0 Å². The molecule has 2 unspecified atom stereocenters. The van der Waals surface area contributed by atoms with E-state index in [0.29, 0.717) is 12.1 Å². The van der Waals surface area contributed by atoms with Crippen molar-refractivity contribution in [2.45, 2.75) is 96.6 Å². The van der Waals surface area contributed by atoms with Crippen molar-refractivity contribution in [2.75, 3.05) is 7.11 Å². The van der Waals surface area contributed by atoms with Gasteiger partial charge in [0, 0.05) is 13.2 Å². The fraction of sp³-hybridized carbons (Fsp3) is 1.00. The summed E-state index contributed by atoms with van der Waals surface area (Å²) >= 11 is 0. The summed E-state index contributed by atoms with van der Waals surface area (Å²) in [5.74, 6) is 0. The third-order valence-electron chi connectivity index (χ3n) is 3.65. The highest BCUT2D eigenvalue weighted by Gasteiger charge is 2.06. The van der Waals surface area contributed by atoms with Crippen LogP contribution in [0.5, 0.6) is 0 Å². The number of rotatable bonds is 13. The van der Waals surface area contributed by atoms with Gasteiger partial charge in [-0.2, -0.15) is 0 Å². The lowest BCUT2D eigenvalue weighted by molar-refractivity contribution is 0.0832. The maximum absolute atomic E-state index is 5.74. The van der Waals surface area contributed by atoms with Gasteiger partial charge < -0.3 is 10.5 Å². The van der Waals surface area contributed by atoms with E-state index in [1.807, 2.05) is 7.11 Å². The smallest absolute Gasteiger partial charge is 0.0571 e. The normalized spacial score (nSPS) is 14.7. The molecule has 2 atom stereocenters. The van der Waals surface area contributed by atoms with Crippen LogP contribution in [0.1, 0.15) is 84.5 Å². The molecule has 0 fully saturated rings. The van der Waals surface area contributed by atoms with E-state index in [0.717, 1.165) is 0 Å². The van der Waals surface area contributed by atoms with Crippen molar-refractivity contribution in [3.05, 3.63) is 0 Å². The van der Waals surface area contributed by atoms with Gasteiger partial charge in [-0.3, -0.25) is 0 Å². The predicted octanol–water partition coefficient (Wildman–Crippen LogP) is 4.66. The van der Waals surface area contributed by atoms with Crippen molar-refractivity contribution in [1.29, 1.82) is 0 Å². The second kappa shape index (κ2) is 13.4. The summed E-state index contributed by atoms with van der Waals surface area (Å²) in [6.07, 6.45) is 14.8. The lowest BCUT2D eigenvalue weighted by Gasteiger charge is -2.15. The van der Waals surface area contributed by atoms with Crippen LogP contribution in [-0.2, 0) is 4.74 Å². The van der Waals surface area contributed by atoms with Crippen LogP contribution in [-0.4, -0.2) is 19.3 Å². The molecule has 0 saturated heterocycles. The Labute approximate surface area is 115 Å². The van der Waals surface area contributed by atoms with Crippen LogP contribution in [0.3, 0.4) is 0 Å². The molecule has 0 heterocycles. The van der Waals surface area contributed by atoms with Gasteiger partial charge in [0.05, 0.1) is 6.10 Å². The Morgan fingerprint density at radius 3 is 1.78 bits per heavy atom. The van der Waals surface area contributed by atoms with Crippen LogP contribution in [0.15, 0.2) is 0 Å². The maximum Gasteiger partial charge on any atom is 0.0571 e. The SMILES string of the molecule is CCCCCCC(CCCCCCC(C)N)OC. The van der Waals surface area contributed by atoms with Gasteiger partial charge in [0.25, 0.3) is 0 Å². The molecule has 0 saturated carbocycles. The monoisotopic (exact) mass is 257 g/mol. The predicted molar refractivity (Wildman–Crippen MR) is 80.9 cm³/mol. The van der Waals surface area contributed by atoms with Gasteiger partial charge in [-0.05, 0) is 26.2 Å². The van der Waals surface area contributed by atoms with Crippen molar-refractivity contribution < 1.29 is 4.74 Å². The van der Waals surface area contributed by atoms with Crippen LogP contribution in [0, 0.1) is 0 Å². The minimum atomic E-state index is 0.371. The molecule has 2 nitrogen and oxygen atoms in total. The lowest BCUT2D eigenvalue weighted by Crippen LogP contribution is -2.14. The van der Waals surface area contributed by atoms with E-state index in [1.54, 1.807) is 0 Å². The highest BCUT2D eigenvalue weighted by molar-refractivity contribution is 4.60. The summed E-state index contributed by atoms with van der Waals surface area (Å²) in [6, 6.07) is 0.371. The van der Waals surface area contributed by atoms with Gasteiger partial charge in [0.1, 0.15) is 0 Å². The molecule has 0 aliphatic carbocycles. The van der Waals surface area contributed by atoms with Crippen molar-refractivity contribution in [1.82, 2.24) is 0 Å². The van der Waals surface area contributed by atoms with E-state index in [1.165, 1.54) is 70.6 Å². The molecule has 0 spiro atoms. The lowest BCUT2D eigenvalue weighted by atomic mass is 10.0. The molecule has 0 aromatic heterocycles. The number of nitrogens with two attached hydrogens (primary N) is 1. The van der Waals surface area contributed by atoms with Crippen LogP contribution in [0.4, 0.5) is 0 Å². The molecule has 110 valence electrons. The number of methoxy groups -OCH3 is 1. The largest absolute Gasteiger partial charge is 0.381 e. The van der Waals surface area contributed by atoms with E-state index in [2.05, 4.69) is 13.8 Å². The van der Waals surface area contributed by atoms with E-state index in [9.17, 15) is 0 Å². The summed E-state index contributed by atoms with van der Waals surface area (Å²) in [5.41, 5.74) is 5.74. The average Bonchev–Trinajstić information content (AvgIpc) is 2.35. The van der Waals surface area contributed by atoms with Crippen LogP contribution in [0.25, 0.3) is 0 Å². The Kier molecular flexibility index (Phi) is 13.3. The quantitative estimate of drug-likeness (QED) is 0.487. The van der Waals surface area contributed by atoms with Crippen LogP contribution < -0.4 is 5.73 Å². The number of ether oxygens (including phenoxy) is 1. The van der Waals surface area contributed by atoms with Crippen molar-refractivity contribution in [2.24, 2.45) is 5.73 Å². The van der Waals surface area contributed by atoms with Crippen molar-refractivity contribution in [3.63, 3.8) is 0 Å². The highest BCUT2D eigenvalue weighted by Crippen LogP contribution is 2.15. The summed E-state index contributed by atoms with van der Waals surface area (Å²) in [7, 11) is 1.86. The first-order valence-corrected chi connectivity index (χ1v) is 7.99. The first-order chi connectivity index (χ1) is 8.70. The summed E-state index contributed by atoms with van der Waals surface area (Å²) < 4.78 is 5.56. The minimum Gasteiger partial charge on any atom is -0.381 e. The first-order valence-electron chi connectivity index (χ1n) is 7.99. The molecule has 0 aliphatic rings. The van der Waals surface area contributed by atoms with E-state index >= 15 is 0 Å². The minimum absolute atomic E-state index is 0.371. The van der Waals surface area contributed by atoms with Gasteiger partial charge in [0.15, 0.2) is 0 Å². The standard InChI is InChI=1S/C16H35NO/c1-4-5-6-10-13-16(18-3)14-11-8-7-9-12-15(2)17/h15-16H,4-14,17H2,1-3H3. The second-order valence-corrected chi connectivity index (χ2v) is 5.68. The molecular weight excluding hydrogens is 222 g/mol. The van der Waals surface area contributed by atoms with E-state index < -0.39 is 0 Å². The first kappa shape index (κ1) is 17.9. The van der Waals surface area contributed by atoms with E-state index in [-0.39, 0.29) is 0 Å². The van der Waals surface area contributed by atoms with Crippen molar-refractivity contribution >= 4 is 0 Å². The van der Waals surface area contributed by atoms with Gasteiger partial charge in [0.2, 0.25) is 0 Å². The molecule has 0 aromatic rings. The zero-order chi connectivity index (χ0) is 13.6. The number of unbranched alkanes of at least 4 members (excludes halogenated alkanes) is 6. The molecule has 0 radical (unpaired) electrons. The fourth-order valence-corrected chi connectivity index (χ4v) is 2.37. The van der Waals surface area contributed by atoms with Gasteiger partial charge in [-0.25, -0.2) is 0 Å². The molecule has 18 heavy (non-hydrogen) atoms. The Morgan fingerprint density at radius 1 is 0.833 bits per heavy atom. The molecule has 0 aliphatic heterocycles. The summed E-state index contributed by atoms with van der Waals surface area (Å²) in [6.45, 7) is 4.35. The number of hydrogen-bond donors (Lipinski definition) is 1. The molecule has 0 aromatic carbocycles. The Hall–Kier alpha value is -0.0800. The van der Waals surface area contributed by atoms with Gasteiger partial charge >= 0.3 is 0 Å². The summed E-state index contributed by atoms with van der Waals surface area (Å²) in [4.78, 5) is 0. The third-order valence-corrected chi connectivity index (χ3v) is 3.65. The van der Waals surface area contributed by atoms with Gasteiger partial charge in [-0.1, -0.05) is 58.3 Å². The molecule has 2 heteroatoms. The molecule has 0 bridgehead atoms. The number of hydrogen-bond acceptors (Lipinski definition) is 2. The fourth-order valence-electron chi connectivity index (χ4n) is 2.37. The zero-order valence-corrected chi connectivity index (χ0v) is 12.9. The third kappa shape index (κ3) is 12.4. The second-order valence-electron chi connectivity index (χ2n) is 5.68. The van der Waals surface area contributed by atoms with Crippen LogP contribution in [0.2, 0.25) is 0 Å². The van der Waals surface area contributed by atoms with Crippen LogP contribution >= 0.6 is 0 Å². The van der Waals surface area contributed by atoms with Gasteiger partial charge in [-0.15, -0.1) is 0 Å². The Balaban J connectivity index is 3.33. The average molecular weight is 257 g/mol. The Bertz CT molecular complexity index is 159. The molecule has 2 N–H and O–H groups in total.